The van der Waals surface area contributed by atoms with Crippen molar-refractivity contribution >= 4 is 61.9 Å². The number of phenolic OH excluding ortho intramolecular Hbond substituents is 1. The molecule has 6 heteroatoms. The molecule has 0 unspecified atom stereocenters. The number of aryl methyl sites for hydroxylation is 1. The summed E-state index contributed by atoms with van der Waals surface area (Å²) in [6.45, 7) is 2.37. The van der Waals surface area contributed by atoms with Crippen molar-refractivity contribution in [3.63, 3.8) is 0 Å². The van der Waals surface area contributed by atoms with Gasteiger partial charge in [-0.2, -0.15) is 0 Å². The third-order valence-electron chi connectivity index (χ3n) is 4.91. The zero-order chi connectivity index (χ0) is 22.0. The van der Waals surface area contributed by atoms with Gasteiger partial charge in [-0.05, 0) is 81.4 Å². The third kappa shape index (κ3) is 4.90. The van der Waals surface area contributed by atoms with Crippen LogP contribution in [0.1, 0.15) is 40.6 Å². The molecule has 4 nitrogen and oxygen atoms in total. The molecule has 4 aromatic rings. The highest BCUT2D eigenvalue weighted by atomic mass is 127. The van der Waals surface area contributed by atoms with Crippen molar-refractivity contribution in [3.05, 3.63) is 90.3 Å². The first-order chi connectivity index (χ1) is 15.0. The van der Waals surface area contributed by atoms with Crippen LogP contribution in [0.25, 0.3) is 11.0 Å². The number of aromatic hydroxyl groups is 1. The Bertz CT molecular complexity index is 1230. The minimum absolute atomic E-state index is 0.0152. The van der Waals surface area contributed by atoms with Gasteiger partial charge in [-0.15, -0.1) is 0 Å². The van der Waals surface area contributed by atoms with E-state index in [0.29, 0.717) is 46.6 Å². The van der Waals surface area contributed by atoms with E-state index in [1.807, 2.05) is 55.5 Å². The lowest BCUT2D eigenvalue weighted by Gasteiger charge is -2.08. The number of phenols is 1. The summed E-state index contributed by atoms with van der Waals surface area (Å²) in [7, 11) is 0. The second-order valence-corrected chi connectivity index (χ2v) is 9.72. The summed E-state index contributed by atoms with van der Waals surface area (Å²) in [4.78, 5) is 13.4. The van der Waals surface area contributed by atoms with Gasteiger partial charge in [-0.3, -0.25) is 4.79 Å². The van der Waals surface area contributed by atoms with Crippen LogP contribution in [0.4, 0.5) is 0 Å². The van der Waals surface area contributed by atoms with Crippen LogP contribution in [-0.4, -0.2) is 10.9 Å². The van der Waals surface area contributed by atoms with E-state index in [1.165, 1.54) is 0 Å². The standard InChI is InChI=1S/C25H20I2O4/c1-2-6-21-24(25(29)16-9-17(26)11-18(27)10-16)19-12-20(28)23(13-22(19)31-21)30-14-15-7-4-3-5-8-15/h3-5,7-13,28H,2,6,14H2,1H3. The monoisotopic (exact) mass is 638 g/mol. The highest BCUT2D eigenvalue weighted by Gasteiger charge is 2.24. The van der Waals surface area contributed by atoms with E-state index >= 15 is 0 Å². The van der Waals surface area contributed by atoms with Gasteiger partial charge in [0.2, 0.25) is 0 Å². The number of fused-ring (bicyclic) bond motifs is 1. The molecular weight excluding hydrogens is 618 g/mol. The summed E-state index contributed by atoms with van der Waals surface area (Å²) in [5, 5.41) is 11.2. The van der Waals surface area contributed by atoms with Crippen molar-refractivity contribution in [2.24, 2.45) is 0 Å². The van der Waals surface area contributed by atoms with E-state index in [4.69, 9.17) is 9.15 Å². The van der Waals surface area contributed by atoms with Crippen LogP contribution in [-0.2, 0) is 13.0 Å². The van der Waals surface area contributed by atoms with E-state index in [0.717, 1.165) is 19.1 Å². The Morgan fingerprint density at radius 2 is 1.74 bits per heavy atom. The second-order valence-electron chi connectivity index (χ2n) is 7.23. The van der Waals surface area contributed by atoms with Gasteiger partial charge in [0.25, 0.3) is 0 Å². The van der Waals surface area contributed by atoms with E-state index in [1.54, 1.807) is 12.1 Å². The van der Waals surface area contributed by atoms with Crippen molar-refractivity contribution in [2.75, 3.05) is 0 Å². The maximum Gasteiger partial charge on any atom is 0.197 e. The molecule has 0 amide bonds. The first-order valence-electron chi connectivity index (χ1n) is 9.92. The summed E-state index contributed by atoms with van der Waals surface area (Å²) >= 11 is 4.42. The molecule has 0 radical (unpaired) electrons. The highest BCUT2D eigenvalue weighted by Crippen LogP contribution is 2.38. The molecule has 4 rings (SSSR count). The zero-order valence-corrected chi connectivity index (χ0v) is 21.1. The topological polar surface area (TPSA) is 59.7 Å². The Labute approximate surface area is 207 Å². The summed E-state index contributed by atoms with van der Waals surface area (Å²) < 4.78 is 13.9. The summed E-state index contributed by atoms with van der Waals surface area (Å²) in [5.74, 6) is 0.849. The fraction of sp³-hybridized carbons (Fsp3) is 0.160. The Morgan fingerprint density at radius 1 is 1.03 bits per heavy atom. The first kappa shape index (κ1) is 22.1. The number of halogens is 2. The van der Waals surface area contributed by atoms with Gasteiger partial charge in [0.15, 0.2) is 17.3 Å². The van der Waals surface area contributed by atoms with E-state index < -0.39 is 0 Å². The lowest BCUT2D eigenvalue weighted by atomic mass is 9.98. The molecule has 158 valence electrons. The van der Waals surface area contributed by atoms with Crippen molar-refractivity contribution in [3.8, 4) is 11.5 Å². The summed E-state index contributed by atoms with van der Waals surface area (Å²) in [6.07, 6.45) is 1.48. The quantitative estimate of drug-likeness (QED) is 0.173. The lowest BCUT2D eigenvalue weighted by molar-refractivity contribution is 0.103. The van der Waals surface area contributed by atoms with Crippen LogP contribution >= 0.6 is 45.2 Å². The highest BCUT2D eigenvalue weighted by molar-refractivity contribution is 14.1. The molecule has 0 fully saturated rings. The predicted octanol–water partition coefficient (Wildman–Crippen LogP) is 7.11. The van der Waals surface area contributed by atoms with Crippen LogP contribution in [0.3, 0.4) is 0 Å². The molecule has 1 heterocycles. The molecule has 0 aliphatic rings. The number of hydrogen-bond acceptors (Lipinski definition) is 4. The fourth-order valence-corrected chi connectivity index (χ4v) is 5.43. The van der Waals surface area contributed by atoms with Crippen molar-refractivity contribution in [1.29, 1.82) is 0 Å². The van der Waals surface area contributed by atoms with Gasteiger partial charge in [-0.1, -0.05) is 37.3 Å². The lowest BCUT2D eigenvalue weighted by Crippen LogP contribution is -2.05. The molecule has 0 aliphatic heterocycles. The number of ether oxygens (including phenoxy) is 1. The number of rotatable bonds is 7. The minimum Gasteiger partial charge on any atom is -0.504 e. The number of carbonyl (C=O) groups excluding carboxylic acids is 1. The largest absolute Gasteiger partial charge is 0.504 e. The van der Waals surface area contributed by atoms with Gasteiger partial charge >= 0.3 is 0 Å². The Kier molecular flexibility index (Phi) is 6.86. The first-order valence-corrected chi connectivity index (χ1v) is 12.1. The average molecular weight is 638 g/mol. The fourth-order valence-electron chi connectivity index (χ4n) is 3.50. The number of carbonyl (C=O) groups is 1. The second kappa shape index (κ2) is 9.60. The zero-order valence-electron chi connectivity index (χ0n) is 16.8. The normalized spacial score (nSPS) is 11.1. The Hall–Kier alpha value is -2.07. The SMILES string of the molecule is CCCc1oc2cc(OCc3ccccc3)c(O)cc2c1C(=O)c1cc(I)cc(I)c1. The number of ketones is 1. The molecule has 31 heavy (non-hydrogen) atoms. The maximum absolute atomic E-state index is 13.4. The van der Waals surface area contributed by atoms with Gasteiger partial charge in [-0.25, -0.2) is 0 Å². The van der Waals surface area contributed by atoms with Gasteiger partial charge < -0.3 is 14.3 Å². The molecule has 1 N–H and O–H groups in total. The predicted molar refractivity (Wildman–Crippen MR) is 138 cm³/mol. The Morgan fingerprint density at radius 3 is 2.42 bits per heavy atom. The molecular formula is C25H20I2O4. The van der Waals surface area contributed by atoms with Crippen LogP contribution < -0.4 is 4.74 Å². The molecule has 0 atom stereocenters. The molecule has 1 aromatic heterocycles. The number of furan rings is 1. The maximum atomic E-state index is 13.4. The molecule has 0 bridgehead atoms. The molecule has 3 aromatic carbocycles. The Balaban J connectivity index is 1.75. The summed E-state index contributed by atoms with van der Waals surface area (Å²) in [6, 6.07) is 18.7. The minimum atomic E-state index is -0.101. The van der Waals surface area contributed by atoms with Gasteiger partial charge in [0, 0.05) is 30.6 Å². The molecule has 0 aliphatic carbocycles. The van der Waals surface area contributed by atoms with E-state index in [9.17, 15) is 9.90 Å². The smallest absolute Gasteiger partial charge is 0.197 e. The molecule has 0 saturated heterocycles. The van der Waals surface area contributed by atoms with Crippen LogP contribution in [0, 0.1) is 7.14 Å². The van der Waals surface area contributed by atoms with Crippen molar-refractivity contribution in [2.45, 2.75) is 26.4 Å². The van der Waals surface area contributed by atoms with Crippen LogP contribution in [0.5, 0.6) is 11.5 Å². The third-order valence-corrected chi connectivity index (χ3v) is 6.15. The van der Waals surface area contributed by atoms with E-state index in [-0.39, 0.29) is 11.5 Å². The molecule has 0 saturated carbocycles. The average Bonchev–Trinajstić information content (AvgIpc) is 3.08. The molecule has 0 spiro atoms. The van der Waals surface area contributed by atoms with Crippen molar-refractivity contribution in [1.82, 2.24) is 0 Å². The number of benzene rings is 3. The van der Waals surface area contributed by atoms with Crippen LogP contribution in [0.2, 0.25) is 0 Å². The van der Waals surface area contributed by atoms with Gasteiger partial charge in [0.05, 0.1) is 5.56 Å². The van der Waals surface area contributed by atoms with Crippen LogP contribution in [0.15, 0.2) is 65.1 Å². The number of hydrogen-bond donors (Lipinski definition) is 1. The van der Waals surface area contributed by atoms with Crippen molar-refractivity contribution < 1.29 is 19.1 Å². The van der Waals surface area contributed by atoms with E-state index in [2.05, 4.69) is 45.2 Å². The van der Waals surface area contributed by atoms with Gasteiger partial charge in [0.1, 0.15) is 18.0 Å². The summed E-state index contributed by atoms with van der Waals surface area (Å²) in [5.41, 5.74) is 2.66.